The highest BCUT2D eigenvalue weighted by molar-refractivity contribution is 6.30. The number of allylic oxidation sites excluding steroid dienone is 1. The van der Waals surface area contributed by atoms with E-state index < -0.39 is 0 Å². The molecule has 0 aliphatic carbocycles. The summed E-state index contributed by atoms with van der Waals surface area (Å²) in [5.41, 5.74) is 0.609. The molecular formula is C13H17ClFN. The maximum atomic E-state index is 13.5. The van der Waals surface area contributed by atoms with Gasteiger partial charge in [-0.05, 0) is 25.8 Å². The molecule has 0 aliphatic rings. The van der Waals surface area contributed by atoms with Crippen molar-refractivity contribution in [2.75, 3.05) is 0 Å². The summed E-state index contributed by atoms with van der Waals surface area (Å²) in [4.78, 5) is 0. The first-order valence-electron chi connectivity index (χ1n) is 5.42. The molecule has 0 aromatic heterocycles. The number of benzene rings is 1. The van der Waals surface area contributed by atoms with E-state index in [-0.39, 0.29) is 10.8 Å². The fourth-order valence-corrected chi connectivity index (χ4v) is 1.63. The molecule has 0 saturated heterocycles. The lowest BCUT2D eigenvalue weighted by Crippen LogP contribution is -2.25. The Morgan fingerprint density at radius 1 is 1.56 bits per heavy atom. The molecule has 1 aromatic rings. The molecule has 0 bridgehead atoms. The van der Waals surface area contributed by atoms with Crippen molar-refractivity contribution >= 4 is 11.6 Å². The van der Waals surface area contributed by atoms with E-state index in [0.717, 1.165) is 12.8 Å². The molecule has 88 valence electrons. The van der Waals surface area contributed by atoms with Gasteiger partial charge in [-0.1, -0.05) is 29.8 Å². The summed E-state index contributed by atoms with van der Waals surface area (Å²) in [6.07, 6.45) is 3.86. The zero-order valence-corrected chi connectivity index (χ0v) is 10.2. The van der Waals surface area contributed by atoms with Gasteiger partial charge < -0.3 is 5.32 Å². The Labute approximate surface area is 101 Å². The van der Waals surface area contributed by atoms with Crippen LogP contribution in [0.15, 0.2) is 30.9 Å². The Kier molecular flexibility index (Phi) is 5.50. The van der Waals surface area contributed by atoms with E-state index in [0.29, 0.717) is 18.2 Å². The zero-order valence-electron chi connectivity index (χ0n) is 9.47. The molecule has 1 aromatic carbocycles. The third-order valence-corrected chi connectivity index (χ3v) is 2.77. The van der Waals surface area contributed by atoms with E-state index >= 15 is 0 Å². The van der Waals surface area contributed by atoms with Crippen LogP contribution in [0.4, 0.5) is 4.39 Å². The zero-order chi connectivity index (χ0) is 12.0. The highest BCUT2D eigenvalue weighted by atomic mass is 35.5. The molecular weight excluding hydrogens is 225 g/mol. The van der Waals surface area contributed by atoms with Crippen molar-refractivity contribution in [3.8, 4) is 0 Å². The van der Waals surface area contributed by atoms with Crippen LogP contribution in [-0.2, 0) is 6.54 Å². The van der Waals surface area contributed by atoms with Crippen molar-refractivity contribution in [3.63, 3.8) is 0 Å². The molecule has 1 N–H and O–H groups in total. The summed E-state index contributed by atoms with van der Waals surface area (Å²) < 4.78 is 13.5. The van der Waals surface area contributed by atoms with Gasteiger partial charge in [-0.15, -0.1) is 6.58 Å². The highest BCUT2D eigenvalue weighted by Gasteiger charge is 2.07. The van der Waals surface area contributed by atoms with Gasteiger partial charge in [0, 0.05) is 18.2 Å². The second-order valence-corrected chi connectivity index (χ2v) is 4.27. The molecule has 3 heteroatoms. The predicted octanol–water partition coefficient (Wildman–Crippen LogP) is 3.92. The van der Waals surface area contributed by atoms with E-state index in [1.165, 1.54) is 0 Å². The number of halogens is 2. The Morgan fingerprint density at radius 3 is 3.00 bits per heavy atom. The molecule has 0 amide bonds. The minimum atomic E-state index is -0.326. The molecule has 0 fully saturated rings. The lowest BCUT2D eigenvalue weighted by molar-refractivity contribution is 0.504. The molecule has 0 aliphatic heterocycles. The molecule has 1 atom stereocenters. The van der Waals surface area contributed by atoms with Crippen molar-refractivity contribution in [2.45, 2.75) is 32.4 Å². The summed E-state index contributed by atoms with van der Waals surface area (Å²) in [7, 11) is 0. The van der Waals surface area contributed by atoms with Crippen molar-refractivity contribution in [3.05, 3.63) is 47.3 Å². The second-order valence-electron chi connectivity index (χ2n) is 3.86. The Hall–Kier alpha value is -0.860. The minimum absolute atomic E-state index is 0.179. The van der Waals surface area contributed by atoms with Gasteiger partial charge in [-0.3, -0.25) is 0 Å². The van der Waals surface area contributed by atoms with Crippen LogP contribution >= 0.6 is 11.6 Å². The predicted molar refractivity (Wildman–Crippen MR) is 67.1 cm³/mol. The van der Waals surface area contributed by atoms with Crippen LogP contribution in [-0.4, -0.2) is 6.04 Å². The smallest absolute Gasteiger partial charge is 0.146 e. The number of hydrogen-bond donors (Lipinski definition) is 1. The molecule has 1 unspecified atom stereocenters. The summed E-state index contributed by atoms with van der Waals surface area (Å²) in [6, 6.07) is 5.41. The number of rotatable bonds is 6. The Balaban J connectivity index is 2.48. The van der Waals surface area contributed by atoms with Crippen molar-refractivity contribution < 1.29 is 4.39 Å². The van der Waals surface area contributed by atoms with E-state index in [4.69, 9.17) is 11.6 Å². The SMILES string of the molecule is C=CCCC(C)NCc1cccc(Cl)c1F. The van der Waals surface area contributed by atoms with Crippen LogP contribution in [0.2, 0.25) is 5.02 Å². The standard InChI is InChI=1S/C13H17ClFN/c1-3-4-6-10(2)16-9-11-7-5-8-12(14)13(11)15/h3,5,7-8,10,16H,1,4,6,9H2,2H3. The average molecular weight is 242 g/mol. The molecule has 0 saturated carbocycles. The van der Waals surface area contributed by atoms with Gasteiger partial charge in [0.15, 0.2) is 0 Å². The highest BCUT2D eigenvalue weighted by Crippen LogP contribution is 2.17. The maximum Gasteiger partial charge on any atom is 0.146 e. The first kappa shape index (κ1) is 13.2. The largest absolute Gasteiger partial charge is 0.310 e. The number of hydrogen-bond acceptors (Lipinski definition) is 1. The van der Waals surface area contributed by atoms with Crippen LogP contribution in [0.25, 0.3) is 0 Å². The fourth-order valence-electron chi connectivity index (χ4n) is 1.44. The molecule has 1 rings (SSSR count). The van der Waals surface area contributed by atoms with E-state index in [2.05, 4.69) is 18.8 Å². The Bertz CT molecular complexity index is 352. The van der Waals surface area contributed by atoms with E-state index in [1.807, 2.05) is 6.08 Å². The van der Waals surface area contributed by atoms with Crippen molar-refractivity contribution in [1.82, 2.24) is 5.32 Å². The van der Waals surface area contributed by atoms with Gasteiger partial charge in [-0.2, -0.15) is 0 Å². The summed E-state index contributed by atoms with van der Waals surface area (Å²) >= 11 is 5.70. The van der Waals surface area contributed by atoms with Crippen LogP contribution in [0.3, 0.4) is 0 Å². The topological polar surface area (TPSA) is 12.0 Å². The molecule has 0 heterocycles. The van der Waals surface area contributed by atoms with Gasteiger partial charge in [0.25, 0.3) is 0 Å². The molecule has 16 heavy (non-hydrogen) atoms. The normalized spacial score (nSPS) is 12.4. The second kappa shape index (κ2) is 6.66. The monoisotopic (exact) mass is 241 g/mol. The summed E-state index contributed by atoms with van der Waals surface area (Å²) in [5, 5.41) is 3.43. The maximum absolute atomic E-state index is 13.5. The van der Waals surface area contributed by atoms with Crippen LogP contribution in [0, 0.1) is 5.82 Å². The van der Waals surface area contributed by atoms with Gasteiger partial charge in [0.1, 0.15) is 5.82 Å². The van der Waals surface area contributed by atoms with Crippen LogP contribution in [0.1, 0.15) is 25.3 Å². The minimum Gasteiger partial charge on any atom is -0.310 e. The first-order valence-corrected chi connectivity index (χ1v) is 5.80. The average Bonchev–Trinajstić information content (AvgIpc) is 2.28. The van der Waals surface area contributed by atoms with Crippen molar-refractivity contribution in [1.29, 1.82) is 0 Å². The molecule has 1 nitrogen and oxygen atoms in total. The van der Waals surface area contributed by atoms with Gasteiger partial charge in [-0.25, -0.2) is 4.39 Å². The fraction of sp³-hybridized carbons (Fsp3) is 0.385. The van der Waals surface area contributed by atoms with Gasteiger partial charge >= 0.3 is 0 Å². The quantitative estimate of drug-likeness (QED) is 0.745. The first-order chi connectivity index (χ1) is 7.65. The lowest BCUT2D eigenvalue weighted by atomic mass is 10.1. The summed E-state index contributed by atoms with van der Waals surface area (Å²) in [6.45, 7) is 6.25. The summed E-state index contributed by atoms with van der Waals surface area (Å²) in [5.74, 6) is -0.326. The lowest BCUT2D eigenvalue weighted by Gasteiger charge is -2.13. The van der Waals surface area contributed by atoms with Crippen LogP contribution in [0.5, 0.6) is 0 Å². The third-order valence-electron chi connectivity index (χ3n) is 2.48. The van der Waals surface area contributed by atoms with Crippen molar-refractivity contribution in [2.24, 2.45) is 0 Å². The molecule has 0 spiro atoms. The molecule has 0 radical (unpaired) electrons. The Morgan fingerprint density at radius 2 is 2.31 bits per heavy atom. The third kappa shape index (κ3) is 3.95. The van der Waals surface area contributed by atoms with Gasteiger partial charge in [0.2, 0.25) is 0 Å². The van der Waals surface area contributed by atoms with Gasteiger partial charge in [0.05, 0.1) is 5.02 Å². The van der Waals surface area contributed by atoms with E-state index in [9.17, 15) is 4.39 Å². The number of nitrogens with one attached hydrogen (secondary N) is 1. The van der Waals surface area contributed by atoms with E-state index in [1.54, 1.807) is 18.2 Å². The van der Waals surface area contributed by atoms with Crippen LogP contribution < -0.4 is 5.32 Å².